The van der Waals surface area contributed by atoms with E-state index in [4.69, 9.17) is 15.6 Å². The Morgan fingerprint density at radius 1 is 1.53 bits per heavy atom. The average molecular weight is 213 g/mol. The summed E-state index contributed by atoms with van der Waals surface area (Å²) in [6.45, 7) is 1.55. The van der Waals surface area contributed by atoms with E-state index < -0.39 is 11.4 Å². The number of benzene rings is 1. The van der Waals surface area contributed by atoms with Gasteiger partial charge in [-0.05, 0) is 25.0 Å². The highest BCUT2D eigenvalue weighted by atomic mass is 19.1. The van der Waals surface area contributed by atoms with Crippen molar-refractivity contribution in [1.82, 2.24) is 0 Å². The number of rotatable bonds is 4. The molecule has 15 heavy (non-hydrogen) atoms. The van der Waals surface area contributed by atoms with Gasteiger partial charge in [0.15, 0.2) is 11.6 Å². The lowest BCUT2D eigenvalue weighted by Crippen LogP contribution is -2.42. The van der Waals surface area contributed by atoms with Crippen molar-refractivity contribution in [2.75, 3.05) is 13.7 Å². The Balaban J connectivity index is 2.99. The summed E-state index contributed by atoms with van der Waals surface area (Å²) in [7, 11) is 1.41. The Kier molecular flexibility index (Phi) is 3.66. The van der Waals surface area contributed by atoms with E-state index in [2.05, 4.69) is 0 Å². The molecule has 1 aromatic rings. The molecule has 0 saturated carbocycles. The van der Waals surface area contributed by atoms with Crippen LogP contribution in [-0.2, 0) is 6.42 Å². The topological polar surface area (TPSA) is 55.5 Å². The maximum absolute atomic E-state index is 13.3. The highest BCUT2D eigenvalue weighted by molar-refractivity contribution is 5.36. The molecule has 0 amide bonds. The van der Waals surface area contributed by atoms with Gasteiger partial charge in [-0.3, -0.25) is 0 Å². The van der Waals surface area contributed by atoms with E-state index in [0.717, 1.165) is 0 Å². The Hall–Kier alpha value is -1.13. The molecule has 1 atom stereocenters. The minimum Gasteiger partial charge on any atom is -0.493 e. The van der Waals surface area contributed by atoms with Gasteiger partial charge >= 0.3 is 0 Å². The molecule has 0 spiro atoms. The highest BCUT2D eigenvalue weighted by Crippen LogP contribution is 2.25. The van der Waals surface area contributed by atoms with Crippen molar-refractivity contribution in [3.05, 3.63) is 29.6 Å². The van der Waals surface area contributed by atoms with Gasteiger partial charge in [-0.25, -0.2) is 4.39 Å². The molecule has 0 aliphatic heterocycles. The monoisotopic (exact) mass is 213 g/mol. The predicted molar refractivity (Wildman–Crippen MR) is 56.3 cm³/mol. The van der Waals surface area contributed by atoms with Crippen LogP contribution in [0.15, 0.2) is 18.2 Å². The SMILES string of the molecule is COc1c(F)cccc1CC(C)(N)CO. The van der Waals surface area contributed by atoms with Crippen LogP contribution >= 0.6 is 0 Å². The normalized spacial score (nSPS) is 14.7. The zero-order valence-electron chi connectivity index (χ0n) is 8.96. The smallest absolute Gasteiger partial charge is 0.165 e. The predicted octanol–water partition coefficient (Wildman–Crippen LogP) is 1.09. The molecule has 4 heteroatoms. The van der Waals surface area contributed by atoms with Crippen molar-refractivity contribution in [2.24, 2.45) is 5.73 Å². The lowest BCUT2D eigenvalue weighted by Gasteiger charge is -2.22. The van der Waals surface area contributed by atoms with Crippen molar-refractivity contribution in [2.45, 2.75) is 18.9 Å². The molecule has 0 bridgehead atoms. The molecule has 3 nitrogen and oxygen atoms in total. The maximum Gasteiger partial charge on any atom is 0.165 e. The van der Waals surface area contributed by atoms with Gasteiger partial charge in [0.1, 0.15) is 0 Å². The van der Waals surface area contributed by atoms with Crippen molar-refractivity contribution in [3.8, 4) is 5.75 Å². The first-order chi connectivity index (χ1) is 7.00. The van der Waals surface area contributed by atoms with Crippen LogP contribution in [0.5, 0.6) is 5.75 Å². The van der Waals surface area contributed by atoms with Gasteiger partial charge in [0, 0.05) is 5.54 Å². The number of ether oxygens (including phenoxy) is 1. The van der Waals surface area contributed by atoms with Gasteiger partial charge in [0.25, 0.3) is 0 Å². The fraction of sp³-hybridized carbons (Fsp3) is 0.455. The molecule has 0 heterocycles. The van der Waals surface area contributed by atoms with E-state index in [1.54, 1.807) is 19.1 Å². The van der Waals surface area contributed by atoms with E-state index in [0.29, 0.717) is 12.0 Å². The Morgan fingerprint density at radius 3 is 2.73 bits per heavy atom. The molecule has 1 rings (SSSR count). The summed E-state index contributed by atoms with van der Waals surface area (Å²) in [6.07, 6.45) is 0.366. The Bertz CT molecular complexity index is 339. The van der Waals surface area contributed by atoms with E-state index >= 15 is 0 Å². The van der Waals surface area contributed by atoms with Gasteiger partial charge in [0.2, 0.25) is 0 Å². The van der Waals surface area contributed by atoms with Crippen molar-refractivity contribution in [3.63, 3.8) is 0 Å². The summed E-state index contributed by atoms with van der Waals surface area (Å²) in [6, 6.07) is 4.67. The number of hydrogen-bond acceptors (Lipinski definition) is 3. The fourth-order valence-electron chi connectivity index (χ4n) is 1.41. The van der Waals surface area contributed by atoms with Crippen molar-refractivity contribution < 1.29 is 14.2 Å². The first-order valence-corrected chi connectivity index (χ1v) is 4.71. The second kappa shape index (κ2) is 4.59. The molecule has 0 aliphatic carbocycles. The van der Waals surface area contributed by atoms with Gasteiger partial charge in [-0.1, -0.05) is 12.1 Å². The number of para-hydroxylation sites is 1. The molecular weight excluding hydrogens is 197 g/mol. The Morgan fingerprint density at radius 2 is 2.20 bits per heavy atom. The molecule has 0 fully saturated rings. The zero-order valence-corrected chi connectivity index (χ0v) is 8.96. The Labute approximate surface area is 88.7 Å². The van der Waals surface area contributed by atoms with Crippen LogP contribution < -0.4 is 10.5 Å². The maximum atomic E-state index is 13.3. The van der Waals surface area contributed by atoms with E-state index in [-0.39, 0.29) is 12.4 Å². The summed E-state index contributed by atoms with van der Waals surface area (Å²) in [5.74, 6) is -0.216. The number of methoxy groups -OCH3 is 1. The van der Waals surface area contributed by atoms with Crippen LogP contribution in [-0.4, -0.2) is 24.4 Å². The van der Waals surface area contributed by atoms with Crippen LogP contribution in [0.2, 0.25) is 0 Å². The molecule has 0 aliphatic rings. The second-order valence-corrected chi connectivity index (χ2v) is 3.92. The van der Waals surface area contributed by atoms with Gasteiger partial charge in [-0.2, -0.15) is 0 Å². The molecular formula is C11H16FNO2. The minimum absolute atomic E-state index is 0.160. The number of halogens is 1. The third kappa shape index (κ3) is 2.91. The van der Waals surface area contributed by atoms with Crippen LogP contribution in [0, 0.1) is 5.82 Å². The molecule has 1 unspecified atom stereocenters. The standard InChI is InChI=1S/C11H16FNO2/c1-11(13,7-14)6-8-4-3-5-9(12)10(8)15-2/h3-5,14H,6-7,13H2,1-2H3. The summed E-state index contributed by atoms with van der Waals surface area (Å²) in [4.78, 5) is 0. The number of aliphatic hydroxyl groups excluding tert-OH is 1. The van der Waals surface area contributed by atoms with Crippen LogP contribution in [0.25, 0.3) is 0 Å². The summed E-state index contributed by atoms with van der Waals surface area (Å²) in [5.41, 5.74) is 5.69. The second-order valence-electron chi connectivity index (χ2n) is 3.92. The van der Waals surface area contributed by atoms with Crippen molar-refractivity contribution in [1.29, 1.82) is 0 Å². The first kappa shape index (κ1) is 11.9. The van der Waals surface area contributed by atoms with E-state index in [1.807, 2.05) is 0 Å². The zero-order chi connectivity index (χ0) is 11.5. The van der Waals surface area contributed by atoms with Crippen LogP contribution in [0.1, 0.15) is 12.5 Å². The molecule has 0 aromatic heterocycles. The summed E-state index contributed by atoms with van der Waals surface area (Å²) in [5, 5.41) is 9.03. The van der Waals surface area contributed by atoms with Gasteiger partial charge < -0.3 is 15.6 Å². The number of nitrogens with two attached hydrogens (primary N) is 1. The van der Waals surface area contributed by atoms with Gasteiger partial charge in [-0.15, -0.1) is 0 Å². The first-order valence-electron chi connectivity index (χ1n) is 4.71. The highest BCUT2D eigenvalue weighted by Gasteiger charge is 2.21. The van der Waals surface area contributed by atoms with Gasteiger partial charge in [0.05, 0.1) is 13.7 Å². The van der Waals surface area contributed by atoms with E-state index in [9.17, 15) is 4.39 Å². The average Bonchev–Trinajstić information content (AvgIpc) is 2.18. The third-order valence-electron chi connectivity index (χ3n) is 2.21. The summed E-state index contributed by atoms with van der Waals surface area (Å²) >= 11 is 0. The van der Waals surface area contributed by atoms with Crippen LogP contribution in [0.3, 0.4) is 0 Å². The quantitative estimate of drug-likeness (QED) is 0.787. The van der Waals surface area contributed by atoms with Crippen molar-refractivity contribution >= 4 is 0 Å². The lowest BCUT2D eigenvalue weighted by atomic mass is 9.94. The van der Waals surface area contributed by atoms with E-state index in [1.165, 1.54) is 13.2 Å². The number of hydrogen-bond donors (Lipinski definition) is 2. The summed E-state index contributed by atoms with van der Waals surface area (Å²) < 4.78 is 18.3. The minimum atomic E-state index is -0.763. The molecule has 1 aromatic carbocycles. The molecule has 0 saturated heterocycles. The third-order valence-corrected chi connectivity index (χ3v) is 2.21. The number of aliphatic hydroxyl groups is 1. The lowest BCUT2D eigenvalue weighted by molar-refractivity contribution is 0.207. The van der Waals surface area contributed by atoms with Crippen LogP contribution in [0.4, 0.5) is 4.39 Å². The molecule has 0 radical (unpaired) electrons. The fourth-order valence-corrected chi connectivity index (χ4v) is 1.41. The molecule has 84 valence electrons. The largest absolute Gasteiger partial charge is 0.493 e. The molecule has 3 N–H and O–H groups in total.